The number of para-hydroxylation sites is 1. The molecule has 0 spiro atoms. The highest BCUT2D eigenvalue weighted by atomic mass is 16.3. The van der Waals surface area contributed by atoms with Crippen LogP contribution < -0.4 is 0 Å². The Morgan fingerprint density at radius 1 is 1.08 bits per heavy atom. The van der Waals surface area contributed by atoms with Crippen molar-refractivity contribution < 1.29 is 14.3 Å². The zero-order valence-corrected chi connectivity index (χ0v) is 14.7. The van der Waals surface area contributed by atoms with Gasteiger partial charge in [-0.15, -0.1) is 0 Å². The number of carbonyl (C=O) groups excluding carboxylic acids is 1. The molecule has 1 saturated carbocycles. The number of nitrogens with zero attached hydrogens (tertiary/aromatic N) is 1. The van der Waals surface area contributed by atoms with Crippen LogP contribution in [-0.4, -0.2) is 15.9 Å². The van der Waals surface area contributed by atoms with Gasteiger partial charge in [-0.3, -0.25) is 4.79 Å². The lowest BCUT2D eigenvalue weighted by Crippen LogP contribution is -2.30. The number of hydrogen-bond acceptors (Lipinski definition) is 3. The van der Waals surface area contributed by atoms with Gasteiger partial charge in [-0.25, -0.2) is 0 Å². The van der Waals surface area contributed by atoms with Crippen molar-refractivity contribution in [3.63, 3.8) is 0 Å². The molecular formula is C21H27NO3. The monoisotopic (exact) mass is 341 g/mol. The Morgan fingerprint density at radius 2 is 1.88 bits per heavy atom. The summed E-state index contributed by atoms with van der Waals surface area (Å²) in [6.45, 7) is 0.835. The second-order valence-electron chi connectivity index (χ2n) is 7.00. The molecule has 1 aliphatic carbocycles. The van der Waals surface area contributed by atoms with E-state index in [9.17, 15) is 9.90 Å². The lowest BCUT2D eigenvalue weighted by molar-refractivity contribution is -0.133. The van der Waals surface area contributed by atoms with E-state index in [0.717, 1.165) is 17.7 Å². The highest BCUT2D eigenvalue weighted by molar-refractivity contribution is 5.76. The van der Waals surface area contributed by atoms with Gasteiger partial charge in [-0.05, 0) is 30.5 Å². The number of hydrogen-bond donors (Lipinski definition) is 1. The lowest BCUT2D eigenvalue weighted by atomic mass is 9.86. The van der Waals surface area contributed by atoms with Gasteiger partial charge in [0.15, 0.2) is 0 Å². The van der Waals surface area contributed by atoms with Gasteiger partial charge >= 0.3 is 0 Å². The molecule has 1 aliphatic rings. The van der Waals surface area contributed by atoms with Crippen molar-refractivity contribution in [3.8, 4) is 5.75 Å². The molecule has 1 N–H and O–H groups in total. The first-order valence-electron chi connectivity index (χ1n) is 9.29. The molecule has 0 bridgehead atoms. The highest BCUT2D eigenvalue weighted by Gasteiger charge is 2.20. The molecule has 0 saturated heterocycles. The Kier molecular flexibility index (Phi) is 6.15. The van der Waals surface area contributed by atoms with Crippen molar-refractivity contribution in [3.05, 3.63) is 54.0 Å². The van der Waals surface area contributed by atoms with E-state index in [4.69, 9.17) is 4.42 Å². The number of carbonyl (C=O) groups is 1. The Hall–Kier alpha value is -2.23. The predicted molar refractivity (Wildman–Crippen MR) is 96.9 cm³/mol. The minimum absolute atomic E-state index is 0.130. The molecule has 2 aromatic rings. The molecule has 4 heteroatoms. The molecule has 1 fully saturated rings. The van der Waals surface area contributed by atoms with Gasteiger partial charge in [0, 0.05) is 18.5 Å². The third-order valence-corrected chi connectivity index (χ3v) is 5.12. The molecule has 25 heavy (non-hydrogen) atoms. The molecule has 4 nitrogen and oxygen atoms in total. The van der Waals surface area contributed by atoms with E-state index in [2.05, 4.69) is 0 Å². The van der Waals surface area contributed by atoms with Crippen molar-refractivity contribution in [2.24, 2.45) is 5.92 Å². The van der Waals surface area contributed by atoms with E-state index >= 15 is 0 Å². The van der Waals surface area contributed by atoms with Crippen LogP contribution in [0.4, 0.5) is 0 Å². The molecule has 0 radical (unpaired) electrons. The van der Waals surface area contributed by atoms with Crippen LogP contribution in [0.25, 0.3) is 0 Å². The molecule has 134 valence electrons. The first-order valence-corrected chi connectivity index (χ1v) is 9.29. The van der Waals surface area contributed by atoms with Crippen LogP contribution in [0.5, 0.6) is 5.75 Å². The number of aromatic hydroxyl groups is 1. The van der Waals surface area contributed by atoms with E-state index < -0.39 is 0 Å². The lowest BCUT2D eigenvalue weighted by Gasteiger charge is -2.25. The van der Waals surface area contributed by atoms with Crippen molar-refractivity contribution in [1.82, 2.24) is 4.90 Å². The fourth-order valence-electron chi connectivity index (χ4n) is 3.63. The van der Waals surface area contributed by atoms with E-state index in [0.29, 0.717) is 25.4 Å². The van der Waals surface area contributed by atoms with Gasteiger partial charge in [0.25, 0.3) is 0 Å². The Balaban J connectivity index is 1.64. The zero-order chi connectivity index (χ0) is 17.5. The number of benzene rings is 1. The Morgan fingerprint density at radius 3 is 2.60 bits per heavy atom. The number of phenols is 1. The molecule has 0 unspecified atom stereocenters. The van der Waals surface area contributed by atoms with E-state index in [-0.39, 0.29) is 11.7 Å². The average molecular weight is 341 g/mol. The van der Waals surface area contributed by atoms with Crippen LogP contribution in [-0.2, 0) is 17.9 Å². The van der Waals surface area contributed by atoms with Crippen molar-refractivity contribution in [2.75, 3.05) is 0 Å². The third kappa shape index (κ3) is 5.12. The minimum Gasteiger partial charge on any atom is -0.508 e. The maximum absolute atomic E-state index is 12.8. The van der Waals surface area contributed by atoms with Crippen LogP contribution in [0.2, 0.25) is 0 Å². The summed E-state index contributed by atoms with van der Waals surface area (Å²) in [5.41, 5.74) is 0.764. The summed E-state index contributed by atoms with van der Waals surface area (Å²) in [6.07, 6.45) is 9.60. The molecule has 0 aliphatic heterocycles. The summed E-state index contributed by atoms with van der Waals surface area (Å²) < 4.78 is 5.42. The van der Waals surface area contributed by atoms with Gasteiger partial charge in [-0.2, -0.15) is 0 Å². The summed E-state index contributed by atoms with van der Waals surface area (Å²) in [6, 6.07) is 10.9. The summed E-state index contributed by atoms with van der Waals surface area (Å²) in [7, 11) is 0. The third-order valence-electron chi connectivity index (χ3n) is 5.12. The number of rotatable bonds is 7. The molecule has 1 aromatic heterocycles. The van der Waals surface area contributed by atoms with Gasteiger partial charge < -0.3 is 14.4 Å². The predicted octanol–water partition coefficient (Wildman–Crippen LogP) is 4.87. The maximum atomic E-state index is 12.8. The number of furan rings is 1. The maximum Gasteiger partial charge on any atom is 0.223 e. The van der Waals surface area contributed by atoms with Gasteiger partial charge in [0.05, 0.1) is 12.8 Å². The number of phenolic OH excluding ortho intramolecular Hbond substituents is 1. The first kappa shape index (κ1) is 17.6. The van der Waals surface area contributed by atoms with Crippen molar-refractivity contribution >= 4 is 5.91 Å². The first-order chi connectivity index (χ1) is 12.2. The van der Waals surface area contributed by atoms with E-state index in [1.165, 1.54) is 32.1 Å². The Bertz CT molecular complexity index is 660. The molecule has 1 heterocycles. The topological polar surface area (TPSA) is 53.7 Å². The molecule has 3 rings (SSSR count). The standard InChI is InChI=1S/C21H27NO3/c23-20-11-5-4-9-18(20)15-22(16-19-10-6-14-25-19)21(24)13-12-17-7-2-1-3-8-17/h4-6,9-11,14,17,23H,1-3,7-8,12-13,15-16H2. The smallest absolute Gasteiger partial charge is 0.223 e. The summed E-state index contributed by atoms with van der Waals surface area (Å²) >= 11 is 0. The Labute approximate surface area is 149 Å². The van der Waals surface area contributed by atoms with Crippen LogP contribution >= 0.6 is 0 Å². The fraction of sp³-hybridized carbons (Fsp3) is 0.476. The minimum atomic E-state index is 0.130. The van der Waals surface area contributed by atoms with E-state index in [1.54, 1.807) is 23.3 Å². The zero-order valence-electron chi connectivity index (χ0n) is 14.7. The highest BCUT2D eigenvalue weighted by Crippen LogP contribution is 2.28. The van der Waals surface area contributed by atoms with Crippen molar-refractivity contribution in [2.45, 2.75) is 58.0 Å². The summed E-state index contributed by atoms with van der Waals surface area (Å²) in [4.78, 5) is 14.6. The quantitative estimate of drug-likeness (QED) is 0.781. The fourth-order valence-corrected chi connectivity index (χ4v) is 3.63. The molecular weight excluding hydrogens is 314 g/mol. The molecule has 1 amide bonds. The van der Waals surface area contributed by atoms with Crippen LogP contribution in [0.15, 0.2) is 47.1 Å². The second-order valence-corrected chi connectivity index (χ2v) is 7.00. The van der Waals surface area contributed by atoms with Crippen LogP contribution in [0.1, 0.15) is 56.3 Å². The SMILES string of the molecule is O=C(CCC1CCCCC1)N(Cc1ccco1)Cc1ccccc1O. The summed E-state index contributed by atoms with van der Waals surface area (Å²) in [5, 5.41) is 10.0. The summed E-state index contributed by atoms with van der Waals surface area (Å²) in [5.74, 6) is 1.81. The largest absolute Gasteiger partial charge is 0.508 e. The number of amides is 1. The van der Waals surface area contributed by atoms with Gasteiger partial charge in [0.2, 0.25) is 5.91 Å². The normalized spacial score (nSPS) is 15.2. The molecule has 1 aromatic carbocycles. The average Bonchev–Trinajstić information content (AvgIpc) is 3.15. The van der Waals surface area contributed by atoms with Gasteiger partial charge in [0.1, 0.15) is 11.5 Å². The van der Waals surface area contributed by atoms with Gasteiger partial charge in [-0.1, -0.05) is 50.3 Å². The van der Waals surface area contributed by atoms with E-state index in [1.807, 2.05) is 24.3 Å². The van der Waals surface area contributed by atoms with Crippen LogP contribution in [0, 0.1) is 5.92 Å². The molecule has 0 atom stereocenters. The second kappa shape index (κ2) is 8.75. The van der Waals surface area contributed by atoms with Crippen LogP contribution in [0.3, 0.4) is 0 Å². The van der Waals surface area contributed by atoms with Crippen molar-refractivity contribution in [1.29, 1.82) is 0 Å².